The minimum absolute atomic E-state index is 0.0167. The van der Waals surface area contributed by atoms with Gasteiger partial charge in [-0.25, -0.2) is 17.9 Å². The van der Waals surface area contributed by atoms with Crippen LogP contribution in [0.1, 0.15) is 49.9 Å². The Morgan fingerprint density at radius 1 is 1.48 bits per heavy atom. The molecule has 7 nitrogen and oxygen atoms in total. The number of carbonyl (C=O) groups is 1. The summed E-state index contributed by atoms with van der Waals surface area (Å²) in [6.45, 7) is 4.26. The maximum Gasteiger partial charge on any atom is 0.342 e. The van der Waals surface area contributed by atoms with Gasteiger partial charge in [-0.05, 0) is 25.2 Å². The van der Waals surface area contributed by atoms with Crippen LogP contribution < -0.4 is 4.72 Å². The predicted molar refractivity (Wildman–Crippen MR) is 76.3 cm³/mol. The number of hydrogen-bond acceptors (Lipinski definition) is 5. The van der Waals surface area contributed by atoms with E-state index in [0.717, 1.165) is 25.7 Å². The first-order valence-corrected chi connectivity index (χ1v) is 8.56. The van der Waals surface area contributed by atoms with Crippen molar-refractivity contribution in [3.05, 3.63) is 11.8 Å². The number of aromatic nitrogens is 2. The molecule has 0 aliphatic heterocycles. The SMILES string of the molecule is CCOC(=O)c1cn[nH]c1S(=O)(=O)NCC1(C)CCCC1. The van der Waals surface area contributed by atoms with Crippen LogP contribution in [0.15, 0.2) is 11.2 Å². The first-order chi connectivity index (χ1) is 9.88. The maximum absolute atomic E-state index is 12.3. The third kappa shape index (κ3) is 3.62. The highest BCUT2D eigenvalue weighted by Gasteiger charge is 2.32. The molecule has 0 bridgehead atoms. The molecule has 1 aromatic heterocycles. The Morgan fingerprint density at radius 3 is 2.76 bits per heavy atom. The number of hydrogen-bond donors (Lipinski definition) is 2. The zero-order chi connectivity index (χ0) is 15.5. The van der Waals surface area contributed by atoms with Gasteiger partial charge in [0.05, 0.1) is 12.8 Å². The Hall–Kier alpha value is -1.41. The fourth-order valence-electron chi connectivity index (χ4n) is 2.58. The van der Waals surface area contributed by atoms with E-state index in [9.17, 15) is 13.2 Å². The van der Waals surface area contributed by atoms with E-state index in [2.05, 4.69) is 21.8 Å². The van der Waals surface area contributed by atoms with E-state index in [-0.39, 0.29) is 22.6 Å². The summed E-state index contributed by atoms with van der Waals surface area (Å²) in [6.07, 6.45) is 5.42. The molecule has 1 aliphatic carbocycles. The smallest absolute Gasteiger partial charge is 0.342 e. The lowest BCUT2D eigenvalue weighted by Gasteiger charge is -2.23. The minimum atomic E-state index is -3.81. The predicted octanol–water partition coefficient (Wildman–Crippen LogP) is 1.44. The summed E-state index contributed by atoms with van der Waals surface area (Å²) in [5.41, 5.74) is -0.0853. The molecule has 0 atom stereocenters. The molecule has 2 rings (SSSR count). The highest BCUT2D eigenvalue weighted by atomic mass is 32.2. The van der Waals surface area contributed by atoms with Crippen LogP contribution >= 0.6 is 0 Å². The van der Waals surface area contributed by atoms with Crippen molar-refractivity contribution in [2.75, 3.05) is 13.2 Å². The van der Waals surface area contributed by atoms with Crippen molar-refractivity contribution in [1.82, 2.24) is 14.9 Å². The van der Waals surface area contributed by atoms with E-state index in [0.29, 0.717) is 6.54 Å². The number of esters is 1. The summed E-state index contributed by atoms with van der Waals surface area (Å²) in [4.78, 5) is 11.7. The van der Waals surface area contributed by atoms with Crippen molar-refractivity contribution in [1.29, 1.82) is 0 Å². The van der Waals surface area contributed by atoms with Gasteiger partial charge in [-0.3, -0.25) is 5.10 Å². The van der Waals surface area contributed by atoms with Crippen LogP contribution in [-0.4, -0.2) is 37.7 Å². The van der Waals surface area contributed by atoms with Crippen LogP contribution in [0.2, 0.25) is 0 Å². The zero-order valence-electron chi connectivity index (χ0n) is 12.3. The number of carbonyl (C=O) groups excluding carboxylic acids is 1. The highest BCUT2D eigenvalue weighted by molar-refractivity contribution is 7.89. The molecule has 8 heteroatoms. The largest absolute Gasteiger partial charge is 0.462 e. The molecule has 118 valence electrons. The van der Waals surface area contributed by atoms with Gasteiger partial charge in [-0.15, -0.1) is 0 Å². The van der Waals surface area contributed by atoms with Crippen molar-refractivity contribution < 1.29 is 17.9 Å². The Labute approximate surface area is 124 Å². The van der Waals surface area contributed by atoms with E-state index in [1.54, 1.807) is 6.92 Å². The van der Waals surface area contributed by atoms with Crippen molar-refractivity contribution in [2.24, 2.45) is 5.41 Å². The molecule has 0 radical (unpaired) electrons. The summed E-state index contributed by atoms with van der Waals surface area (Å²) >= 11 is 0. The first kappa shape index (κ1) is 16.0. The second-order valence-electron chi connectivity index (χ2n) is 5.68. The van der Waals surface area contributed by atoms with Gasteiger partial charge in [0.15, 0.2) is 5.03 Å². The molecule has 0 spiro atoms. The van der Waals surface area contributed by atoms with Crippen LogP contribution in [0.25, 0.3) is 0 Å². The normalized spacial score (nSPS) is 17.8. The molecule has 1 saturated carbocycles. The number of rotatable bonds is 6. The van der Waals surface area contributed by atoms with Crippen molar-refractivity contribution >= 4 is 16.0 Å². The average molecular weight is 315 g/mol. The number of H-pyrrole nitrogens is 1. The third-order valence-corrected chi connectivity index (χ3v) is 5.24. The van der Waals surface area contributed by atoms with Gasteiger partial charge in [0.1, 0.15) is 5.56 Å². The Bertz CT molecular complexity index is 603. The van der Waals surface area contributed by atoms with Crippen LogP contribution in [0.3, 0.4) is 0 Å². The van der Waals surface area contributed by atoms with Crippen molar-refractivity contribution in [2.45, 2.75) is 44.6 Å². The fourth-order valence-corrected chi connectivity index (χ4v) is 3.86. The Balaban J connectivity index is 2.13. The monoisotopic (exact) mass is 315 g/mol. The lowest BCUT2D eigenvalue weighted by atomic mass is 9.89. The van der Waals surface area contributed by atoms with Gasteiger partial charge in [-0.1, -0.05) is 19.8 Å². The summed E-state index contributed by atoms with van der Waals surface area (Å²) in [7, 11) is -3.81. The Kier molecular flexibility index (Phi) is 4.67. The topological polar surface area (TPSA) is 101 Å². The van der Waals surface area contributed by atoms with Gasteiger partial charge in [-0.2, -0.15) is 5.10 Å². The summed E-state index contributed by atoms with van der Waals surface area (Å²) in [5, 5.41) is 5.78. The van der Waals surface area contributed by atoms with E-state index in [1.165, 1.54) is 6.20 Å². The highest BCUT2D eigenvalue weighted by Crippen LogP contribution is 2.37. The quantitative estimate of drug-likeness (QED) is 0.774. The lowest BCUT2D eigenvalue weighted by Crippen LogP contribution is -2.35. The van der Waals surface area contributed by atoms with E-state index >= 15 is 0 Å². The molecule has 1 aromatic rings. The van der Waals surface area contributed by atoms with Crippen molar-refractivity contribution in [3.8, 4) is 0 Å². The second kappa shape index (κ2) is 6.15. The van der Waals surface area contributed by atoms with E-state index in [4.69, 9.17) is 4.74 Å². The van der Waals surface area contributed by atoms with Crippen LogP contribution in [-0.2, 0) is 14.8 Å². The number of sulfonamides is 1. The number of ether oxygens (including phenoxy) is 1. The molecule has 1 fully saturated rings. The number of aromatic amines is 1. The van der Waals surface area contributed by atoms with E-state index < -0.39 is 16.0 Å². The molecular formula is C13H21N3O4S. The zero-order valence-corrected chi connectivity index (χ0v) is 13.1. The summed E-state index contributed by atoms with van der Waals surface area (Å²) in [6, 6.07) is 0. The number of nitrogens with one attached hydrogen (secondary N) is 2. The Morgan fingerprint density at radius 2 is 2.14 bits per heavy atom. The molecular weight excluding hydrogens is 294 g/mol. The standard InChI is InChI=1S/C13H21N3O4S/c1-3-20-12(17)10-8-14-16-11(10)21(18,19)15-9-13(2)6-4-5-7-13/h8,15H,3-7,9H2,1-2H3,(H,14,16). The lowest BCUT2D eigenvalue weighted by molar-refractivity contribution is 0.0522. The fraction of sp³-hybridized carbons (Fsp3) is 0.692. The molecule has 21 heavy (non-hydrogen) atoms. The van der Waals surface area contributed by atoms with Gasteiger partial charge in [0.25, 0.3) is 10.0 Å². The molecule has 1 heterocycles. The first-order valence-electron chi connectivity index (χ1n) is 7.08. The molecule has 2 N–H and O–H groups in total. The van der Waals surface area contributed by atoms with Crippen LogP contribution in [0.4, 0.5) is 0 Å². The molecule has 0 saturated heterocycles. The molecule has 0 unspecified atom stereocenters. The number of nitrogens with zero attached hydrogens (tertiary/aromatic N) is 1. The second-order valence-corrected chi connectivity index (χ2v) is 7.38. The van der Waals surface area contributed by atoms with Crippen LogP contribution in [0, 0.1) is 5.41 Å². The van der Waals surface area contributed by atoms with Crippen LogP contribution in [0.5, 0.6) is 0 Å². The van der Waals surface area contributed by atoms with Gasteiger partial charge in [0, 0.05) is 6.54 Å². The van der Waals surface area contributed by atoms with Crippen molar-refractivity contribution in [3.63, 3.8) is 0 Å². The maximum atomic E-state index is 12.3. The molecule has 1 aliphatic rings. The van der Waals surface area contributed by atoms with Gasteiger partial charge in [0.2, 0.25) is 0 Å². The summed E-state index contributed by atoms with van der Waals surface area (Å²) < 4.78 is 32.1. The molecule has 0 aromatic carbocycles. The molecule has 0 amide bonds. The van der Waals surface area contributed by atoms with Gasteiger partial charge < -0.3 is 4.74 Å². The minimum Gasteiger partial charge on any atom is -0.462 e. The van der Waals surface area contributed by atoms with Gasteiger partial charge >= 0.3 is 5.97 Å². The summed E-state index contributed by atoms with van der Waals surface area (Å²) in [5.74, 6) is -0.696. The third-order valence-electron chi connectivity index (χ3n) is 3.87. The average Bonchev–Trinajstić information content (AvgIpc) is 3.06. The van der Waals surface area contributed by atoms with E-state index in [1.807, 2.05) is 0 Å².